The molecule has 0 radical (unpaired) electrons. The summed E-state index contributed by atoms with van der Waals surface area (Å²) < 4.78 is 11.6. The van der Waals surface area contributed by atoms with Gasteiger partial charge in [-0.05, 0) is 27.7 Å². The molecular formula is C10H20O2S2. The van der Waals surface area contributed by atoms with E-state index in [4.69, 9.17) is 9.47 Å². The first-order valence-corrected chi connectivity index (χ1v) is 7.55. The third-order valence-corrected chi connectivity index (χ3v) is 4.40. The molecule has 2 atom stereocenters. The molecule has 0 saturated carbocycles. The van der Waals surface area contributed by atoms with Gasteiger partial charge in [0.1, 0.15) is 5.44 Å². The summed E-state index contributed by atoms with van der Waals surface area (Å²) in [5.41, 5.74) is 0.303. The zero-order chi connectivity index (χ0) is 10.6. The van der Waals surface area contributed by atoms with Crippen LogP contribution < -0.4 is 0 Å². The summed E-state index contributed by atoms with van der Waals surface area (Å²) in [5, 5.41) is 0. The Morgan fingerprint density at radius 3 is 2.29 bits per heavy atom. The van der Waals surface area contributed by atoms with Crippen molar-refractivity contribution in [2.75, 3.05) is 5.75 Å². The van der Waals surface area contributed by atoms with E-state index in [0.717, 1.165) is 12.2 Å². The lowest BCUT2D eigenvalue weighted by Gasteiger charge is -2.30. The van der Waals surface area contributed by atoms with E-state index in [-0.39, 0.29) is 0 Å². The van der Waals surface area contributed by atoms with Gasteiger partial charge in [-0.2, -0.15) is 0 Å². The topological polar surface area (TPSA) is 18.5 Å². The average molecular weight is 236 g/mol. The van der Waals surface area contributed by atoms with Crippen LogP contribution in [0.1, 0.15) is 34.1 Å². The van der Waals surface area contributed by atoms with Crippen LogP contribution >= 0.6 is 21.6 Å². The summed E-state index contributed by atoms with van der Waals surface area (Å²) >= 11 is 0. The zero-order valence-corrected chi connectivity index (χ0v) is 11.0. The van der Waals surface area contributed by atoms with E-state index in [9.17, 15) is 0 Å². The minimum absolute atomic E-state index is 0.303. The lowest BCUT2D eigenvalue weighted by molar-refractivity contribution is -0.0197. The Morgan fingerprint density at radius 1 is 1.07 bits per heavy atom. The first-order valence-electron chi connectivity index (χ1n) is 5.17. The van der Waals surface area contributed by atoms with Crippen LogP contribution in [0.2, 0.25) is 0 Å². The van der Waals surface area contributed by atoms with Crippen LogP contribution in [-0.2, 0) is 9.47 Å². The predicted molar refractivity (Wildman–Crippen MR) is 64.7 cm³/mol. The lowest BCUT2D eigenvalue weighted by atomic mass is 10.3. The Hall–Kier alpha value is 0.620. The van der Waals surface area contributed by atoms with Gasteiger partial charge < -0.3 is 9.47 Å². The van der Waals surface area contributed by atoms with E-state index in [2.05, 4.69) is 27.7 Å². The maximum Gasteiger partial charge on any atom is 0.116 e. The summed E-state index contributed by atoms with van der Waals surface area (Å²) in [7, 11) is 3.70. The van der Waals surface area contributed by atoms with Gasteiger partial charge in [-0.3, -0.25) is 0 Å². The lowest BCUT2D eigenvalue weighted by Crippen LogP contribution is -2.29. The van der Waals surface area contributed by atoms with Crippen molar-refractivity contribution >= 4 is 21.6 Å². The predicted octanol–water partition coefficient (Wildman–Crippen LogP) is 3.32. The molecule has 1 saturated heterocycles. The first-order chi connectivity index (χ1) is 6.58. The molecule has 0 aromatic heterocycles. The van der Waals surface area contributed by atoms with Gasteiger partial charge in [0.25, 0.3) is 0 Å². The highest BCUT2D eigenvalue weighted by Crippen LogP contribution is 2.38. The van der Waals surface area contributed by atoms with Crippen molar-refractivity contribution in [1.82, 2.24) is 0 Å². The minimum atomic E-state index is 0.303. The van der Waals surface area contributed by atoms with Gasteiger partial charge in [0, 0.05) is 12.2 Å². The van der Waals surface area contributed by atoms with Gasteiger partial charge in [0.2, 0.25) is 0 Å². The molecule has 1 aliphatic rings. The summed E-state index contributed by atoms with van der Waals surface area (Å²) in [6, 6.07) is 0. The van der Waals surface area contributed by atoms with Crippen molar-refractivity contribution in [3.05, 3.63) is 0 Å². The molecular weight excluding hydrogens is 216 g/mol. The Balaban J connectivity index is 2.28. The van der Waals surface area contributed by atoms with E-state index < -0.39 is 0 Å². The van der Waals surface area contributed by atoms with Crippen molar-refractivity contribution in [3.63, 3.8) is 0 Å². The van der Waals surface area contributed by atoms with Crippen LogP contribution in [0, 0.1) is 0 Å². The molecule has 14 heavy (non-hydrogen) atoms. The third kappa shape index (κ3) is 4.91. The van der Waals surface area contributed by atoms with E-state index in [1.54, 1.807) is 0 Å². The second-order valence-corrected chi connectivity index (χ2v) is 6.61. The van der Waals surface area contributed by atoms with E-state index in [1.807, 2.05) is 21.6 Å². The summed E-state index contributed by atoms with van der Waals surface area (Å²) in [4.78, 5) is 0. The molecule has 0 amide bonds. The van der Waals surface area contributed by atoms with Gasteiger partial charge in [-0.15, -0.1) is 0 Å². The Labute approximate surface area is 94.9 Å². The van der Waals surface area contributed by atoms with Gasteiger partial charge in [0.05, 0.1) is 18.3 Å². The van der Waals surface area contributed by atoms with Gasteiger partial charge in [-0.1, -0.05) is 21.6 Å². The fraction of sp³-hybridized carbons (Fsp3) is 1.00. The van der Waals surface area contributed by atoms with Crippen LogP contribution in [0.15, 0.2) is 0 Å². The SMILES string of the molecule is CC(C)OC1CSSC(OC(C)C)C1. The number of rotatable bonds is 4. The molecule has 1 rings (SSSR count). The smallest absolute Gasteiger partial charge is 0.116 e. The first kappa shape index (κ1) is 12.7. The Morgan fingerprint density at radius 2 is 1.71 bits per heavy atom. The summed E-state index contributed by atoms with van der Waals surface area (Å²) in [6.07, 6.45) is 2.02. The monoisotopic (exact) mass is 236 g/mol. The summed E-state index contributed by atoms with van der Waals surface area (Å²) in [6.45, 7) is 8.34. The average Bonchev–Trinajstić information content (AvgIpc) is 2.01. The van der Waals surface area contributed by atoms with Crippen LogP contribution in [0.4, 0.5) is 0 Å². The molecule has 84 valence electrons. The van der Waals surface area contributed by atoms with Crippen molar-refractivity contribution in [1.29, 1.82) is 0 Å². The molecule has 0 aliphatic carbocycles. The van der Waals surface area contributed by atoms with E-state index >= 15 is 0 Å². The van der Waals surface area contributed by atoms with Crippen LogP contribution in [0.5, 0.6) is 0 Å². The molecule has 1 heterocycles. The van der Waals surface area contributed by atoms with Gasteiger partial charge in [-0.25, -0.2) is 0 Å². The molecule has 2 unspecified atom stereocenters. The van der Waals surface area contributed by atoms with Gasteiger partial charge >= 0.3 is 0 Å². The highest BCUT2D eigenvalue weighted by atomic mass is 33.1. The Kier molecular flexibility index (Phi) is 5.67. The molecule has 0 aromatic carbocycles. The third-order valence-electron chi connectivity index (χ3n) is 1.77. The molecule has 1 fully saturated rings. The number of hydrogen-bond donors (Lipinski definition) is 0. The van der Waals surface area contributed by atoms with Crippen molar-refractivity contribution < 1.29 is 9.47 Å². The second kappa shape index (κ2) is 6.26. The minimum Gasteiger partial charge on any atom is -0.375 e. The van der Waals surface area contributed by atoms with Crippen LogP contribution in [-0.4, -0.2) is 29.5 Å². The highest BCUT2D eigenvalue weighted by Gasteiger charge is 2.25. The molecule has 0 bridgehead atoms. The van der Waals surface area contributed by atoms with Crippen molar-refractivity contribution in [2.45, 2.75) is 57.9 Å². The van der Waals surface area contributed by atoms with Crippen molar-refractivity contribution in [3.8, 4) is 0 Å². The maximum atomic E-state index is 5.79. The second-order valence-electron chi connectivity index (χ2n) is 4.04. The van der Waals surface area contributed by atoms with Crippen LogP contribution in [0.3, 0.4) is 0 Å². The molecule has 4 heteroatoms. The summed E-state index contributed by atoms with van der Waals surface area (Å²) in [5.74, 6) is 1.08. The fourth-order valence-corrected chi connectivity index (χ4v) is 4.05. The maximum absolute atomic E-state index is 5.79. The molecule has 1 aliphatic heterocycles. The standard InChI is InChI=1S/C10H20O2S2/c1-7(2)11-9-5-10(12-8(3)4)14-13-6-9/h7-10H,5-6H2,1-4H3. The van der Waals surface area contributed by atoms with E-state index in [0.29, 0.717) is 23.7 Å². The zero-order valence-electron chi connectivity index (χ0n) is 9.36. The van der Waals surface area contributed by atoms with Crippen LogP contribution in [0.25, 0.3) is 0 Å². The molecule has 0 spiro atoms. The van der Waals surface area contributed by atoms with Crippen molar-refractivity contribution in [2.24, 2.45) is 0 Å². The number of ether oxygens (including phenoxy) is 2. The quantitative estimate of drug-likeness (QED) is 0.697. The molecule has 0 N–H and O–H groups in total. The molecule has 2 nitrogen and oxygen atoms in total. The van der Waals surface area contributed by atoms with E-state index in [1.165, 1.54) is 0 Å². The highest BCUT2D eigenvalue weighted by molar-refractivity contribution is 8.77. The largest absolute Gasteiger partial charge is 0.375 e. The molecule has 0 aromatic rings. The Bertz CT molecular complexity index is 146. The fourth-order valence-electron chi connectivity index (χ4n) is 1.37. The number of hydrogen-bond acceptors (Lipinski definition) is 4. The van der Waals surface area contributed by atoms with Gasteiger partial charge in [0.15, 0.2) is 0 Å². The normalized spacial score (nSPS) is 28.7.